The number of aromatic nitrogens is 2. The van der Waals surface area contributed by atoms with Gasteiger partial charge in [-0.25, -0.2) is 4.79 Å². The predicted octanol–water partition coefficient (Wildman–Crippen LogP) is 1.02. The average molecular weight is 252 g/mol. The van der Waals surface area contributed by atoms with E-state index in [0.29, 0.717) is 10.2 Å². The number of thiophene rings is 1. The molecule has 0 amide bonds. The van der Waals surface area contributed by atoms with Gasteiger partial charge >= 0.3 is 5.69 Å². The number of hydrogen-bond acceptors (Lipinski definition) is 4. The zero-order valence-electron chi connectivity index (χ0n) is 9.52. The van der Waals surface area contributed by atoms with Gasteiger partial charge in [-0.05, 0) is 24.3 Å². The molecule has 2 unspecified atom stereocenters. The first-order valence-corrected chi connectivity index (χ1v) is 6.27. The van der Waals surface area contributed by atoms with Crippen molar-refractivity contribution in [2.75, 3.05) is 7.11 Å². The lowest BCUT2D eigenvalue weighted by Gasteiger charge is -2.03. The van der Waals surface area contributed by atoms with Crippen LogP contribution in [-0.2, 0) is 4.74 Å². The maximum absolute atomic E-state index is 12.3. The van der Waals surface area contributed by atoms with Crippen LogP contribution in [0, 0.1) is 6.92 Å². The number of nitrogens with one attached hydrogen (secondary N) is 1. The molecule has 0 aromatic carbocycles. The van der Waals surface area contributed by atoms with Crippen molar-refractivity contribution in [2.45, 2.75) is 25.5 Å². The highest BCUT2D eigenvalue weighted by Gasteiger charge is 2.41. The lowest BCUT2D eigenvalue weighted by molar-refractivity contribution is 0.169. The summed E-state index contributed by atoms with van der Waals surface area (Å²) >= 11 is 1.39. The second kappa shape index (κ2) is 3.54. The Hall–Kier alpha value is -1.40. The summed E-state index contributed by atoms with van der Waals surface area (Å²) in [5.41, 5.74) is 0.371. The molecule has 5 nitrogen and oxygen atoms in total. The van der Waals surface area contributed by atoms with E-state index >= 15 is 0 Å². The van der Waals surface area contributed by atoms with Crippen LogP contribution in [0.25, 0.3) is 10.2 Å². The van der Waals surface area contributed by atoms with Crippen molar-refractivity contribution < 1.29 is 4.74 Å². The number of aryl methyl sites for hydroxylation is 1. The van der Waals surface area contributed by atoms with Gasteiger partial charge in [-0.3, -0.25) is 14.3 Å². The maximum Gasteiger partial charge on any atom is 0.329 e. The number of rotatable bonds is 2. The van der Waals surface area contributed by atoms with Crippen LogP contribution in [0.2, 0.25) is 0 Å². The Balaban J connectivity index is 2.28. The largest absolute Gasteiger partial charge is 0.379 e. The number of ether oxygens (including phenoxy) is 1. The van der Waals surface area contributed by atoms with Crippen molar-refractivity contribution in [3.63, 3.8) is 0 Å². The van der Waals surface area contributed by atoms with E-state index in [9.17, 15) is 9.59 Å². The molecule has 90 valence electrons. The summed E-state index contributed by atoms with van der Waals surface area (Å²) < 4.78 is 6.44. The van der Waals surface area contributed by atoms with E-state index in [1.807, 2.05) is 12.3 Å². The molecule has 2 heterocycles. The summed E-state index contributed by atoms with van der Waals surface area (Å²) in [5, 5.41) is 2.50. The molecule has 1 N–H and O–H groups in total. The second-order valence-corrected chi connectivity index (χ2v) is 5.19. The Labute approximate surface area is 101 Å². The molecule has 0 bridgehead atoms. The molecule has 0 spiro atoms. The lowest BCUT2D eigenvalue weighted by atomic mass is 10.3. The van der Waals surface area contributed by atoms with Crippen molar-refractivity contribution >= 4 is 21.6 Å². The van der Waals surface area contributed by atoms with Gasteiger partial charge in [0.25, 0.3) is 5.56 Å². The molecule has 2 aromatic rings. The van der Waals surface area contributed by atoms with Gasteiger partial charge in [-0.2, -0.15) is 0 Å². The normalized spacial score (nSPS) is 23.2. The second-order valence-electron chi connectivity index (χ2n) is 4.31. The molecule has 1 aliphatic carbocycles. The molecule has 2 atom stereocenters. The van der Waals surface area contributed by atoms with Crippen LogP contribution in [0.1, 0.15) is 18.0 Å². The summed E-state index contributed by atoms with van der Waals surface area (Å²) in [6.07, 6.45) is 0.721. The molecule has 6 heteroatoms. The van der Waals surface area contributed by atoms with Crippen LogP contribution in [0.4, 0.5) is 0 Å². The zero-order valence-corrected chi connectivity index (χ0v) is 10.3. The first-order chi connectivity index (χ1) is 8.13. The van der Waals surface area contributed by atoms with Gasteiger partial charge in [0.05, 0.1) is 17.5 Å². The molecule has 2 aromatic heterocycles. The number of H-pyrrole nitrogens is 1. The van der Waals surface area contributed by atoms with Crippen LogP contribution in [-0.4, -0.2) is 22.8 Å². The molecule has 1 saturated carbocycles. The van der Waals surface area contributed by atoms with E-state index in [1.165, 1.54) is 15.9 Å². The fraction of sp³-hybridized carbons (Fsp3) is 0.455. The zero-order chi connectivity index (χ0) is 12.2. The Kier molecular flexibility index (Phi) is 2.24. The highest BCUT2D eigenvalue weighted by molar-refractivity contribution is 7.16. The fourth-order valence-electron chi connectivity index (χ4n) is 2.16. The smallest absolute Gasteiger partial charge is 0.329 e. The average Bonchev–Trinajstić information content (AvgIpc) is 2.96. The van der Waals surface area contributed by atoms with E-state index in [4.69, 9.17) is 4.74 Å². The molecule has 3 rings (SSSR count). The highest BCUT2D eigenvalue weighted by atomic mass is 32.1. The number of fused-ring (bicyclic) bond motifs is 1. The summed E-state index contributed by atoms with van der Waals surface area (Å²) in [6, 6.07) is -0.111. The van der Waals surface area contributed by atoms with Crippen molar-refractivity contribution in [1.29, 1.82) is 0 Å². The predicted molar refractivity (Wildman–Crippen MR) is 65.9 cm³/mol. The van der Waals surface area contributed by atoms with Crippen LogP contribution < -0.4 is 11.2 Å². The lowest BCUT2D eigenvalue weighted by Crippen LogP contribution is -2.35. The first-order valence-electron chi connectivity index (χ1n) is 5.39. The Morgan fingerprint density at radius 3 is 2.94 bits per heavy atom. The molecule has 17 heavy (non-hydrogen) atoms. The van der Waals surface area contributed by atoms with Crippen LogP contribution in [0.15, 0.2) is 15.0 Å². The van der Waals surface area contributed by atoms with Gasteiger partial charge in [-0.15, -0.1) is 11.3 Å². The van der Waals surface area contributed by atoms with Crippen LogP contribution in [0.5, 0.6) is 0 Å². The van der Waals surface area contributed by atoms with Gasteiger partial charge in [0.15, 0.2) is 0 Å². The third kappa shape index (κ3) is 1.48. The highest BCUT2D eigenvalue weighted by Crippen LogP contribution is 2.36. The molecule has 1 aliphatic rings. The van der Waals surface area contributed by atoms with E-state index in [1.54, 1.807) is 7.11 Å². The van der Waals surface area contributed by atoms with E-state index in [-0.39, 0.29) is 23.4 Å². The Bertz CT molecular complexity index is 697. The van der Waals surface area contributed by atoms with Gasteiger partial charge in [-0.1, -0.05) is 0 Å². The van der Waals surface area contributed by atoms with E-state index in [0.717, 1.165) is 12.0 Å². The van der Waals surface area contributed by atoms with Gasteiger partial charge < -0.3 is 4.74 Å². The number of methoxy groups -OCH3 is 1. The monoisotopic (exact) mass is 252 g/mol. The van der Waals surface area contributed by atoms with Crippen molar-refractivity contribution in [3.05, 3.63) is 31.8 Å². The Morgan fingerprint density at radius 2 is 2.29 bits per heavy atom. The van der Waals surface area contributed by atoms with E-state index in [2.05, 4.69) is 4.98 Å². The van der Waals surface area contributed by atoms with Crippen LogP contribution in [0.3, 0.4) is 0 Å². The van der Waals surface area contributed by atoms with Crippen molar-refractivity contribution in [3.8, 4) is 0 Å². The van der Waals surface area contributed by atoms with Gasteiger partial charge in [0.1, 0.15) is 4.83 Å². The number of nitrogens with zero attached hydrogens (tertiary/aromatic N) is 1. The first kappa shape index (κ1) is 10.7. The molecule has 0 saturated heterocycles. The summed E-state index contributed by atoms with van der Waals surface area (Å²) in [7, 11) is 1.60. The molecule has 0 radical (unpaired) electrons. The number of hydrogen-bond donors (Lipinski definition) is 1. The number of aromatic amines is 1. The van der Waals surface area contributed by atoms with Crippen molar-refractivity contribution in [1.82, 2.24) is 9.55 Å². The van der Waals surface area contributed by atoms with Gasteiger partial charge in [0.2, 0.25) is 0 Å². The molecular weight excluding hydrogens is 240 g/mol. The topological polar surface area (TPSA) is 64.1 Å². The molecule has 0 aliphatic heterocycles. The quantitative estimate of drug-likeness (QED) is 0.868. The Morgan fingerprint density at radius 1 is 1.53 bits per heavy atom. The third-order valence-electron chi connectivity index (χ3n) is 3.18. The van der Waals surface area contributed by atoms with E-state index < -0.39 is 0 Å². The SMILES string of the molecule is COC1CC1n1c(=O)[nH]c2scc(C)c2c1=O. The van der Waals surface area contributed by atoms with Gasteiger partial charge in [0, 0.05) is 7.11 Å². The summed E-state index contributed by atoms with van der Waals surface area (Å²) in [5.74, 6) is 0. The minimum Gasteiger partial charge on any atom is -0.379 e. The maximum atomic E-state index is 12.3. The van der Waals surface area contributed by atoms with Crippen molar-refractivity contribution in [2.24, 2.45) is 0 Å². The fourth-order valence-corrected chi connectivity index (χ4v) is 3.08. The summed E-state index contributed by atoms with van der Waals surface area (Å²) in [6.45, 7) is 1.88. The minimum atomic E-state index is -0.339. The van der Waals surface area contributed by atoms with Crippen LogP contribution >= 0.6 is 11.3 Å². The minimum absolute atomic E-state index is 0.00908. The molecule has 1 fully saturated rings. The third-order valence-corrected chi connectivity index (χ3v) is 4.19. The molecular formula is C11H12N2O3S. The standard InChI is InChI=1S/C11H12N2O3S/c1-5-4-17-9-8(5)10(14)13(11(15)12-9)6-3-7(6)16-2/h4,6-7H,3H2,1-2H3,(H,12,15). The summed E-state index contributed by atoms with van der Waals surface area (Å²) in [4.78, 5) is 27.5.